The van der Waals surface area contributed by atoms with E-state index in [0.29, 0.717) is 18.9 Å². The van der Waals surface area contributed by atoms with Gasteiger partial charge in [0.15, 0.2) is 0 Å². The van der Waals surface area contributed by atoms with E-state index in [9.17, 15) is 5.11 Å². The zero-order valence-corrected chi connectivity index (χ0v) is 20.8. The van der Waals surface area contributed by atoms with Crippen LogP contribution in [0.1, 0.15) is 67.5 Å². The lowest BCUT2D eigenvalue weighted by atomic mass is 9.86. The zero-order valence-electron chi connectivity index (χ0n) is 20.8. The Labute approximate surface area is 208 Å². The third-order valence-electron chi connectivity index (χ3n) is 7.30. The maximum absolute atomic E-state index is 9.80. The second-order valence-electron chi connectivity index (χ2n) is 9.74. The third-order valence-corrected chi connectivity index (χ3v) is 7.30. The summed E-state index contributed by atoms with van der Waals surface area (Å²) in [7, 11) is 0. The van der Waals surface area contributed by atoms with Crippen LogP contribution in [0.3, 0.4) is 0 Å². The van der Waals surface area contributed by atoms with Crippen LogP contribution >= 0.6 is 0 Å². The van der Waals surface area contributed by atoms with E-state index in [1.54, 1.807) is 0 Å². The first-order valence-electron chi connectivity index (χ1n) is 12.7. The van der Waals surface area contributed by atoms with Crippen molar-refractivity contribution in [3.8, 4) is 23.0 Å². The summed E-state index contributed by atoms with van der Waals surface area (Å²) < 4.78 is 6.31. The van der Waals surface area contributed by atoms with Gasteiger partial charge in [-0.05, 0) is 71.8 Å². The number of nitrogens with one attached hydrogen (secondary N) is 1. The molecule has 0 saturated heterocycles. The average Bonchev–Trinajstić information content (AvgIpc) is 3.28. The number of fused-ring (bicyclic) bond motifs is 3. The fourth-order valence-corrected chi connectivity index (χ4v) is 5.23. The number of rotatable bonds is 5. The number of H-pyrrole nitrogens is 1. The van der Waals surface area contributed by atoms with Gasteiger partial charge in [-0.15, -0.1) is 0 Å². The molecule has 1 aromatic heterocycles. The number of aliphatic hydroxyl groups is 1. The second-order valence-corrected chi connectivity index (χ2v) is 9.74. The monoisotopic (exact) mass is 463 g/mol. The van der Waals surface area contributed by atoms with Crippen molar-refractivity contribution in [3.05, 3.63) is 94.7 Å². The first kappa shape index (κ1) is 23.4. The summed E-state index contributed by atoms with van der Waals surface area (Å²) in [5.74, 6) is 6.95. The highest BCUT2D eigenvalue weighted by molar-refractivity contribution is 5.98. The number of benzene rings is 3. The molecule has 1 aliphatic rings. The summed E-state index contributed by atoms with van der Waals surface area (Å²) in [6, 6.07) is 23.3. The molecule has 3 nitrogen and oxygen atoms in total. The van der Waals surface area contributed by atoms with Crippen molar-refractivity contribution in [2.45, 2.75) is 51.6 Å². The van der Waals surface area contributed by atoms with Gasteiger partial charge in [0.05, 0.1) is 17.8 Å². The summed E-state index contributed by atoms with van der Waals surface area (Å²) in [4.78, 5) is 3.77. The molecule has 0 bridgehead atoms. The van der Waals surface area contributed by atoms with E-state index >= 15 is 0 Å². The van der Waals surface area contributed by atoms with E-state index in [1.165, 1.54) is 27.6 Å². The van der Waals surface area contributed by atoms with Gasteiger partial charge in [-0.2, -0.15) is 0 Å². The van der Waals surface area contributed by atoms with Crippen molar-refractivity contribution in [1.82, 2.24) is 4.98 Å². The maximum atomic E-state index is 9.80. The molecule has 3 heteroatoms. The molecule has 0 radical (unpaired) electrons. The highest BCUT2D eigenvalue weighted by Gasteiger charge is 2.38. The molecule has 35 heavy (non-hydrogen) atoms. The highest BCUT2D eigenvalue weighted by Crippen LogP contribution is 2.44. The Bertz CT molecular complexity index is 1390. The molecule has 0 amide bonds. The summed E-state index contributed by atoms with van der Waals surface area (Å²) in [6.45, 7) is 7.43. The Morgan fingerprint density at radius 3 is 2.37 bits per heavy atom. The molecule has 178 valence electrons. The van der Waals surface area contributed by atoms with Gasteiger partial charge < -0.3 is 14.8 Å². The molecule has 0 saturated carbocycles. The number of hydrogen-bond donors (Lipinski definition) is 2. The van der Waals surface area contributed by atoms with Crippen LogP contribution in [-0.4, -0.2) is 23.3 Å². The topological polar surface area (TPSA) is 45.2 Å². The van der Waals surface area contributed by atoms with Crippen LogP contribution in [0, 0.1) is 11.8 Å². The van der Waals surface area contributed by atoms with Gasteiger partial charge in [0.2, 0.25) is 0 Å². The van der Waals surface area contributed by atoms with Crippen molar-refractivity contribution in [2.24, 2.45) is 0 Å². The minimum atomic E-state index is -0.451. The number of aromatic amines is 1. The summed E-state index contributed by atoms with van der Waals surface area (Å²) in [5.41, 5.74) is 8.92. The molecular formula is C32H33NO2. The van der Waals surface area contributed by atoms with Gasteiger partial charge in [0.1, 0.15) is 5.60 Å². The second kappa shape index (κ2) is 9.74. The fraction of sp³-hybridized carbons (Fsp3) is 0.312. The Morgan fingerprint density at radius 1 is 1.00 bits per heavy atom. The van der Waals surface area contributed by atoms with Gasteiger partial charge in [0, 0.05) is 35.1 Å². The van der Waals surface area contributed by atoms with Gasteiger partial charge in [-0.3, -0.25) is 0 Å². The van der Waals surface area contributed by atoms with Crippen LogP contribution in [0.2, 0.25) is 0 Å². The van der Waals surface area contributed by atoms with Crippen molar-refractivity contribution >= 4 is 10.9 Å². The predicted octanol–water partition coefficient (Wildman–Crippen LogP) is 6.92. The molecule has 1 atom stereocenters. The Balaban J connectivity index is 1.62. The lowest BCUT2D eigenvalue weighted by molar-refractivity contribution is -0.0795. The van der Waals surface area contributed by atoms with Gasteiger partial charge in [-0.1, -0.05) is 62.9 Å². The number of aliphatic hydroxyl groups excluding tert-OH is 1. The molecule has 0 spiro atoms. The van der Waals surface area contributed by atoms with Crippen LogP contribution in [0.25, 0.3) is 22.0 Å². The van der Waals surface area contributed by atoms with E-state index in [0.717, 1.165) is 35.2 Å². The van der Waals surface area contributed by atoms with Crippen LogP contribution in [0.15, 0.2) is 66.7 Å². The molecule has 2 heterocycles. The molecule has 5 rings (SSSR count). The maximum Gasteiger partial charge on any atom is 0.110 e. The molecule has 1 aliphatic heterocycles. The van der Waals surface area contributed by atoms with Crippen LogP contribution < -0.4 is 0 Å². The van der Waals surface area contributed by atoms with E-state index in [4.69, 9.17) is 4.74 Å². The molecule has 1 unspecified atom stereocenters. The summed E-state index contributed by atoms with van der Waals surface area (Å²) in [6.07, 6.45) is 2.32. The third kappa shape index (κ3) is 4.41. The van der Waals surface area contributed by atoms with Crippen molar-refractivity contribution in [3.63, 3.8) is 0 Å². The smallest absolute Gasteiger partial charge is 0.110 e. The normalized spacial score (nSPS) is 17.3. The Hall–Kier alpha value is -3.32. The fourth-order valence-electron chi connectivity index (χ4n) is 5.23. The first-order chi connectivity index (χ1) is 17.0. The SMILES string of the molecule is CCC1(CCO)OCCc2c1[nH]c1c(-c3ccc(C#Cc4ccccc4)cc3)cc(C(C)C)cc21. The van der Waals surface area contributed by atoms with Crippen LogP contribution in [-0.2, 0) is 16.8 Å². The van der Waals surface area contributed by atoms with Crippen LogP contribution in [0.4, 0.5) is 0 Å². The summed E-state index contributed by atoms with van der Waals surface area (Å²) >= 11 is 0. The molecule has 3 aromatic carbocycles. The lowest BCUT2D eigenvalue weighted by Crippen LogP contribution is -2.36. The minimum absolute atomic E-state index is 0.109. The number of aromatic nitrogens is 1. The standard InChI is InChI=1S/C32H33NO2/c1-4-32(17-18-34)31-27(16-19-35-32)29-21-26(22(2)3)20-28(30(29)33-31)25-14-12-24(13-15-25)11-10-23-8-6-5-7-9-23/h5-9,12-15,20-22,33-34H,4,16-19H2,1-3H3. The zero-order chi connectivity index (χ0) is 24.4. The Kier molecular flexibility index (Phi) is 6.52. The van der Waals surface area contributed by atoms with E-state index in [1.807, 2.05) is 30.3 Å². The lowest BCUT2D eigenvalue weighted by Gasteiger charge is -2.36. The first-order valence-corrected chi connectivity index (χ1v) is 12.7. The van der Waals surface area contributed by atoms with Gasteiger partial charge in [-0.25, -0.2) is 0 Å². The van der Waals surface area contributed by atoms with Gasteiger partial charge in [0.25, 0.3) is 0 Å². The highest BCUT2D eigenvalue weighted by atomic mass is 16.5. The molecule has 2 N–H and O–H groups in total. The number of hydrogen-bond acceptors (Lipinski definition) is 2. The largest absolute Gasteiger partial charge is 0.396 e. The van der Waals surface area contributed by atoms with Gasteiger partial charge >= 0.3 is 0 Å². The molecule has 0 aliphatic carbocycles. The van der Waals surface area contributed by atoms with E-state index in [-0.39, 0.29) is 6.61 Å². The molecule has 4 aromatic rings. The van der Waals surface area contributed by atoms with Crippen molar-refractivity contribution < 1.29 is 9.84 Å². The average molecular weight is 464 g/mol. The Morgan fingerprint density at radius 2 is 1.71 bits per heavy atom. The molecule has 0 fully saturated rings. The van der Waals surface area contributed by atoms with Crippen molar-refractivity contribution in [1.29, 1.82) is 0 Å². The van der Waals surface area contributed by atoms with Crippen molar-refractivity contribution in [2.75, 3.05) is 13.2 Å². The predicted molar refractivity (Wildman–Crippen MR) is 144 cm³/mol. The minimum Gasteiger partial charge on any atom is -0.396 e. The van der Waals surface area contributed by atoms with E-state index < -0.39 is 5.60 Å². The van der Waals surface area contributed by atoms with Crippen LogP contribution in [0.5, 0.6) is 0 Å². The quantitative estimate of drug-likeness (QED) is 0.316. The van der Waals surface area contributed by atoms with E-state index in [2.05, 4.69) is 74.0 Å². The number of ether oxygens (including phenoxy) is 1. The summed E-state index contributed by atoms with van der Waals surface area (Å²) in [5, 5.41) is 11.1. The molecular weight excluding hydrogens is 430 g/mol.